The van der Waals surface area contributed by atoms with Crippen molar-refractivity contribution in [2.45, 2.75) is 31.8 Å². The Morgan fingerprint density at radius 3 is 2.74 bits per heavy atom. The summed E-state index contributed by atoms with van der Waals surface area (Å²) in [4.78, 5) is 26.8. The van der Waals surface area contributed by atoms with Crippen molar-refractivity contribution in [1.29, 1.82) is 0 Å². The van der Waals surface area contributed by atoms with Gasteiger partial charge in [-0.3, -0.25) is 4.79 Å². The number of hydrogen-bond acceptors (Lipinski definition) is 4. The van der Waals surface area contributed by atoms with E-state index in [1.54, 1.807) is 49.8 Å². The fourth-order valence-electron chi connectivity index (χ4n) is 3.18. The third kappa shape index (κ3) is 5.26. The molecule has 0 saturated carbocycles. The summed E-state index contributed by atoms with van der Waals surface area (Å²) >= 11 is 0. The highest BCUT2D eigenvalue weighted by molar-refractivity contribution is 5.94. The van der Waals surface area contributed by atoms with E-state index in [0.29, 0.717) is 31.0 Å². The van der Waals surface area contributed by atoms with Crippen LogP contribution in [0.4, 0.5) is 4.79 Å². The first kappa shape index (κ1) is 18.8. The van der Waals surface area contributed by atoms with E-state index in [1.165, 1.54) is 0 Å². The van der Waals surface area contributed by atoms with Crippen LogP contribution in [0, 0.1) is 0 Å². The molecule has 1 aromatic carbocycles. The molecule has 0 unspecified atom stereocenters. The lowest BCUT2D eigenvalue weighted by Gasteiger charge is -2.25. The highest BCUT2D eigenvalue weighted by atomic mass is 16.5. The van der Waals surface area contributed by atoms with Crippen LogP contribution >= 0.6 is 0 Å². The predicted molar refractivity (Wildman–Crippen MR) is 101 cm³/mol. The molecule has 1 fully saturated rings. The monoisotopic (exact) mass is 371 g/mol. The second-order valence-corrected chi connectivity index (χ2v) is 6.58. The number of rotatable bonds is 5. The fourth-order valence-corrected chi connectivity index (χ4v) is 3.18. The van der Waals surface area contributed by atoms with Crippen LogP contribution in [-0.2, 0) is 6.54 Å². The highest BCUT2D eigenvalue weighted by Crippen LogP contribution is 2.17. The van der Waals surface area contributed by atoms with Crippen molar-refractivity contribution in [3.63, 3.8) is 0 Å². The summed E-state index contributed by atoms with van der Waals surface area (Å²) < 4.78 is 10.3. The van der Waals surface area contributed by atoms with Gasteiger partial charge in [0.1, 0.15) is 11.5 Å². The van der Waals surface area contributed by atoms with E-state index in [1.807, 2.05) is 4.90 Å². The Morgan fingerprint density at radius 1 is 1.22 bits per heavy atom. The molecule has 1 atom stereocenters. The van der Waals surface area contributed by atoms with E-state index < -0.39 is 0 Å². The number of carbonyl (C=O) groups is 2. The summed E-state index contributed by atoms with van der Waals surface area (Å²) in [7, 11) is 1.60. The van der Waals surface area contributed by atoms with Gasteiger partial charge in [0.25, 0.3) is 5.91 Å². The third-order valence-electron chi connectivity index (χ3n) is 4.63. The highest BCUT2D eigenvalue weighted by Gasteiger charge is 2.24. The lowest BCUT2D eigenvalue weighted by molar-refractivity contribution is 0.0750. The zero-order valence-electron chi connectivity index (χ0n) is 15.4. The zero-order chi connectivity index (χ0) is 19.1. The Hall–Kier alpha value is -2.96. The second kappa shape index (κ2) is 9.12. The topological polar surface area (TPSA) is 83.8 Å². The minimum atomic E-state index is -0.254. The maximum Gasteiger partial charge on any atom is 0.315 e. The van der Waals surface area contributed by atoms with Gasteiger partial charge in [0.15, 0.2) is 0 Å². The molecule has 0 spiro atoms. The number of ether oxygens (including phenoxy) is 1. The van der Waals surface area contributed by atoms with Crippen LogP contribution in [0.25, 0.3) is 0 Å². The number of nitrogens with one attached hydrogen (secondary N) is 2. The molecule has 2 N–H and O–H groups in total. The number of urea groups is 1. The van der Waals surface area contributed by atoms with Crippen LogP contribution in [0.2, 0.25) is 0 Å². The third-order valence-corrected chi connectivity index (χ3v) is 4.63. The molecule has 3 amide bonds. The van der Waals surface area contributed by atoms with Crippen molar-refractivity contribution in [1.82, 2.24) is 15.5 Å². The summed E-state index contributed by atoms with van der Waals surface area (Å²) in [5.41, 5.74) is 0.624. The Bertz CT molecular complexity index is 743. The Labute approximate surface area is 158 Å². The number of furan rings is 1. The Balaban J connectivity index is 1.55. The largest absolute Gasteiger partial charge is 0.497 e. The van der Waals surface area contributed by atoms with Gasteiger partial charge in [0.2, 0.25) is 0 Å². The molecule has 1 saturated heterocycles. The lowest BCUT2D eigenvalue weighted by Crippen LogP contribution is -2.47. The molecule has 0 radical (unpaired) electrons. The van der Waals surface area contributed by atoms with Gasteiger partial charge >= 0.3 is 6.03 Å². The molecule has 144 valence electrons. The quantitative estimate of drug-likeness (QED) is 0.847. The molecule has 27 heavy (non-hydrogen) atoms. The summed E-state index contributed by atoms with van der Waals surface area (Å²) in [6.45, 7) is 1.52. The number of likely N-dealkylation sites (tertiary alicyclic amines) is 1. The average Bonchev–Trinajstić information content (AvgIpc) is 3.11. The number of methoxy groups -OCH3 is 1. The summed E-state index contributed by atoms with van der Waals surface area (Å²) in [6.07, 6.45) is 4.31. The molecule has 0 aliphatic carbocycles. The van der Waals surface area contributed by atoms with Crippen molar-refractivity contribution < 1.29 is 18.7 Å². The van der Waals surface area contributed by atoms with E-state index in [2.05, 4.69) is 10.6 Å². The van der Waals surface area contributed by atoms with E-state index in [4.69, 9.17) is 9.15 Å². The van der Waals surface area contributed by atoms with Gasteiger partial charge in [-0.15, -0.1) is 0 Å². The minimum absolute atomic E-state index is 0.0256. The molecule has 7 heteroatoms. The number of benzene rings is 1. The summed E-state index contributed by atoms with van der Waals surface area (Å²) in [5, 5.41) is 5.75. The van der Waals surface area contributed by atoms with Crippen LogP contribution < -0.4 is 15.4 Å². The van der Waals surface area contributed by atoms with Crippen LogP contribution in [-0.4, -0.2) is 43.1 Å². The van der Waals surface area contributed by atoms with E-state index in [9.17, 15) is 9.59 Å². The summed E-state index contributed by atoms with van der Waals surface area (Å²) in [6, 6.07) is 10.4. The Kier molecular flexibility index (Phi) is 6.35. The van der Waals surface area contributed by atoms with E-state index >= 15 is 0 Å². The molecule has 1 aliphatic rings. The lowest BCUT2D eigenvalue weighted by atomic mass is 10.1. The normalized spacial score (nSPS) is 17.1. The minimum Gasteiger partial charge on any atom is -0.497 e. The van der Waals surface area contributed by atoms with Crippen molar-refractivity contribution in [3.05, 3.63) is 54.0 Å². The molecule has 1 aliphatic heterocycles. The maximum absolute atomic E-state index is 12.8. The van der Waals surface area contributed by atoms with Crippen LogP contribution in [0.3, 0.4) is 0 Å². The second-order valence-electron chi connectivity index (χ2n) is 6.58. The van der Waals surface area contributed by atoms with Crippen molar-refractivity contribution >= 4 is 11.9 Å². The molecular formula is C20H25N3O4. The standard InChI is InChI=1S/C20H25N3O4/c1-26-17-9-7-15(8-10-17)19(24)23-11-3-2-5-16(14-23)22-20(25)21-13-18-6-4-12-27-18/h4,6-10,12,16H,2-3,5,11,13-14H2,1H3,(H2,21,22,25)/t16-/m0/s1. The van der Waals surface area contributed by atoms with Crippen molar-refractivity contribution in [3.8, 4) is 5.75 Å². The Morgan fingerprint density at radius 2 is 2.04 bits per heavy atom. The van der Waals surface area contributed by atoms with Gasteiger partial charge in [-0.1, -0.05) is 0 Å². The number of amides is 3. The molecule has 7 nitrogen and oxygen atoms in total. The van der Waals surface area contributed by atoms with Crippen molar-refractivity contribution in [2.24, 2.45) is 0 Å². The molecule has 3 rings (SSSR count). The average molecular weight is 371 g/mol. The van der Waals surface area contributed by atoms with Crippen LogP contribution in [0.5, 0.6) is 5.75 Å². The van der Waals surface area contributed by atoms with Gasteiger partial charge in [-0.05, 0) is 55.7 Å². The van der Waals surface area contributed by atoms with Gasteiger partial charge in [0.05, 0.1) is 19.9 Å². The predicted octanol–water partition coefficient (Wildman–Crippen LogP) is 2.78. The number of carbonyl (C=O) groups excluding carboxylic acids is 2. The molecule has 2 heterocycles. The number of nitrogens with zero attached hydrogens (tertiary/aromatic N) is 1. The van der Waals surface area contributed by atoms with Gasteiger partial charge < -0.3 is 24.7 Å². The smallest absolute Gasteiger partial charge is 0.315 e. The van der Waals surface area contributed by atoms with Gasteiger partial charge in [0, 0.05) is 24.7 Å². The molecule has 2 aromatic rings. The summed E-state index contributed by atoms with van der Waals surface area (Å²) in [5.74, 6) is 1.39. The van der Waals surface area contributed by atoms with E-state index in [0.717, 1.165) is 25.0 Å². The maximum atomic E-state index is 12.8. The fraction of sp³-hybridized carbons (Fsp3) is 0.400. The molecular weight excluding hydrogens is 346 g/mol. The van der Waals surface area contributed by atoms with Crippen LogP contribution in [0.15, 0.2) is 47.1 Å². The first-order valence-corrected chi connectivity index (χ1v) is 9.16. The van der Waals surface area contributed by atoms with Crippen LogP contribution in [0.1, 0.15) is 35.4 Å². The molecule has 1 aromatic heterocycles. The molecule has 0 bridgehead atoms. The van der Waals surface area contributed by atoms with Gasteiger partial charge in [-0.2, -0.15) is 0 Å². The first-order chi connectivity index (χ1) is 13.2. The van der Waals surface area contributed by atoms with Gasteiger partial charge in [-0.25, -0.2) is 4.79 Å². The van der Waals surface area contributed by atoms with E-state index in [-0.39, 0.29) is 18.0 Å². The first-order valence-electron chi connectivity index (χ1n) is 9.16. The zero-order valence-corrected chi connectivity index (χ0v) is 15.4. The number of hydrogen-bond donors (Lipinski definition) is 2. The van der Waals surface area contributed by atoms with Crippen molar-refractivity contribution in [2.75, 3.05) is 20.2 Å². The SMILES string of the molecule is COc1ccc(C(=O)N2CCCC[C@H](NC(=O)NCc3ccco3)C2)cc1.